The number of halogens is 1. The van der Waals surface area contributed by atoms with Crippen LogP contribution in [-0.2, 0) is 6.54 Å². The summed E-state index contributed by atoms with van der Waals surface area (Å²) in [5, 5.41) is 4.48. The molecule has 0 amide bonds. The molecule has 0 radical (unpaired) electrons. The minimum Gasteiger partial charge on any atom is -0.370 e. The van der Waals surface area contributed by atoms with Gasteiger partial charge in [-0.1, -0.05) is 31.4 Å². The van der Waals surface area contributed by atoms with E-state index >= 15 is 0 Å². The largest absolute Gasteiger partial charge is 0.370 e. The number of pyridine rings is 1. The van der Waals surface area contributed by atoms with Crippen LogP contribution in [0, 0.1) is 0 Å². The molecule has 0 unspecified atom stereocenters. The van der Waals surface area contributed by atoms with Crippen molar-refractivity contribution < 1.29 is 0 Å². The van der Waals surface area contributed by atoms with Gasteiger partial charge in [0.05, 0.1) is 12.1 Å². The number of fused-ring (bicyclic) bond motifs is 1. The first-order valence-corrected chi connectivity index (χ1v) is 7.71. The number of nitrogens with one attached hydrogen (secondary N) is 1. The fourth-order valence-corrected chi connectivity index (χ4v) is 2.90. The zero-order valence-electron chi connectivity index (χ0n) is 12.7. The molecule has 22 heavy (non-hydrogen) atoms. The normalized spacial score (nSPS) is 16.3. The fourth-order valence-electron chi connectivity index (χ4n) is 2.90. The highest BCUT2D eigenvalue weighted by atomic mass is 127. The quantitative estimate of drug-likeness (QED) is 0.462. The summed E-state index contributed by atoms with van der Waals surface area (Å²) in [5.74, 6) is 0.563. The highest BCUT2D eigenvalue weighted by Gasteiger charge is 2.13. The molecule has 1 aliphatic carbocycles. The van der Waals surface area contributed by atoms with Gasteiger partial charge >= 0.3 is 0 Å². The molecule has 2 aromatic rings. The van der Waals surface area contributed by atoms with E-state index < -0.39 is 0 Å². The van der Waals surface area contributed by atoms with Gasteiger partial charge in [0.25, 0.3) is 0 Å². The second-order valence-corrected chi connectivity index (χ2v) is 5.71. The molecule has 1 aliphatic rings. The number of aliphatic imine (C=N–C) groups is 1. The molecule has 0 bridgehead atoms. The molecular formula is C17H23IN4. The lowest BCUT2D eigenvalue weighted by molar-refractivity contribution is 0.412. The van der Waals surface area contributed by atoms with Gasteiger partial charge in [0, 0.05) is 17.6 Å². The molecular weight excluding hydrogens is 387 g/mol. The molecule has 1 heterocycles. The van der Waals surface area contributed by atoms with Crippen LogP contribution in [0.15, 0.2) is 41.5 Å². The van der Waals surface area contributed by atoms with Gasteiger partial charge in [-0.2, -0.15) is 0 Å². The molecule has 3 N–H and O–H groups in total. The Morgan fingerprint density at radius 2 is 2.05 bits per heavy atom. The van der Waals surface area contributed by atoms with E-state index in [2.05, 4.69) is 33.5 Å². The molecule has 1 fully saturated rings. The summed E-state index contributed by atoms with van der Waals surface area (Å²) in [6, 6.07) is 10.7. The van der Waals surface area contributed by atoms with Crippen LogP contribution in [0.4, 0.5) is 0 Å². The first-order chi connectivity index (χ1) is 10.3. The molecule has 0 atom stereocenters. The monoisotopic (exact) mass is 410 g/mol. The highest BCUT2D eigenvalue weighted by molar-refractivity contribution is 14.0. The SMILES string of the molecule is I.NC(=NCc1ccc2ncccc2c1)NC1CCCCC1. The van der Waals surface area contributed by atoms with Crippen molar-refractivity contribution in [1.29, 1.82) is 0 Å². The molecule has 118 valence electrons. The van der Waals surface area contributed by atoms with Crippen LogP contribution in [0.3, 0.4) is 0 Å². The zero-order chi connectivity index (χ0) is 14.5. The van der Waals surface area contributed by atoms with Crippen molar-refractivity contribution in [3.05, 3.63) is 42.1 Å². The average Bonchev–Trinajstić information content (AvgIpc) is 2.54. The number of hydrogen-bond acceptors (Lipinski definition) is 2. The van der Waals surface area contributed by atoms with Crippen molar-refractivity contribution in [3.63, 3.8) is 0 Å². The Morgan fingerprint density at radius 1 is 1.23 bits per heavy atom. The minimum atomic E-state index is 0. The van der Waals surface area contributed by atoms with Crippen molar-refractivity contribution in [1.82, 2.24) is 10.3 Å². The van der Waals surface area contributed by atoms with Crippen LogP contribution >= 0.6 is 24.0 Å². The number of hydrogen-bond donors (Lipinski definition) is 2. The van der Waals surface area contributed by atoms with Crippen molar-refractivity contribution in [2.75, 3.05) is 0 Å². The van der Waals surface area contributed by atoms with Crippen LogP contribution in [-0.4, -0.2) is 17.0 Å². The summed E-state index contributed by atoms with van der Waals surface area (Å²) in [4.78, 5) is 8.78. The predicted molar refractivity (Wildman–Crippen MR) is 102 cm³/mol. The van der Waals surface area contributed by atoms with Crippen molar-refractivity contribution in [2.45, 2.75) is 44.7 Å². The predicted octanol–water partition coefficient (Wildman–Crippen LogP) is 3.59. The third-order valence-electron chi connectivity index (χ3n) is 4.06. The average molecular weight is 410 g/mol. The number of nitrogens with zero attached hydrogens (tertiary/aromatic N) is 2. The van der Waals surface area contributed by atoms with Gasteiger partial charge in [0.15, 0.2) is 5.96 Å². The summed E-state index contributed by atoms with van der Waals surface area (Å²) in [6.45, 7) is 0.608. The molecule has 0 saturated heterocycles. The van der Waals surface area contributed by atoms with Crippen molar-refractivity contribution in [2.24, 2.45) is 10.7 Å². The van der Waals surface area contributed by atoms with Gasteiger partial charge in [0.1, 0.15) is 0 Å². The molecule has 4 nitrogen and oxygen atoms in total. The summed E-state index contributed by atoms with van der Waals surface area (Å²) in [5.41, 5.74) is 8.16. The lowest BCUT2D eigenvalue weighted by Crippen LogP contribution is -2.41. The van der Waals surface area contributed by atoms with E-state index in [1.807, 2.05) is 18.3 Å². The molecule has 1 aromatic carbocycles. The molecule has 0 spiro atoms. The zero-order valence-corrected chi connectivity index (χ0v) is 15.0. The van der Waals surface area contributed by atoms with Crippen molar-refractivity contribution in [3.8, 4) is 0 Å². The third-order valence-corrected chi connectivity index (χ3v) is 4.06. The van der Waals surface area contributed by atoms with Crippen LogP contribution in [0.1, 0.15) is 37.7 Å². The summed E-state index contributed by atoms with van der Waals surface area (Å²) >= 11 is 0. The first kappa shape index (κ1) is 17.0. The molecule has 5 heteroatoms. The van der Waals surface area contributed by atoms with Gasteiger partial charge in [-0.15, -0.1) is 24.0 Å². The summed E-state index contributed by atoms with van der Waals surface area (Å²) < 4.78 is 0. The molecule has 0 aliphatic heterocycles. The minimum absolute atomic E-state index is 0. The Kier molecular flexibility index (Phi) is 6.42. The standard InChI is InChI=1S/C17H22N4.HI/c18-17(21-15-6-2-1-3-7-15)20-12-13-8-9-16-14(11-13)5-4-10-19-16;/h4-5,8-11,15H,1-3,6-7,12H2,(H3,18,20,21);1H. The van der Waals surface area contributed by atoms with E-state index in [4.69, 9.17) is 5.73 Å². The maximum Gasteiger partial charge on any atom is 0.189 e. The van der Waals surface area contributed by atoms with Crippen LogP contribution in [0.25, 0.3) is 10.9 Å². The topological polar surface area (TPSA) is 63.3 Å². The number of benzene rings is 1. The lowest BCUT2D eigenvalue weighted by atomic mass is 9.96. The Balaban J connectivity index is 0.00000176. The number of rotatable bonds is 3. The van der Waals surface area contributed by atoms with Crippen molar-refractivity contribution >= 4 is 40.8 Å². The van der Waals surface area contributed by atoms with Crippen LogP contribution in [0.2, 0.25) is 0 Å². The number of guanidine groups is 1. The van der Waals surface area contributed by atoms with Gasteiger partial charge in [0.2, 0.25) is 0 Å². The molecule has 3 rings (SSSR count). The van der Waals surface area contributed by atoms with E-state index in [1.54, 1.807) is 0 Å². The van der Waals surface area contributed by atoms with E-state index in [1.165, 1.54) is 32.1 Å². The Bertz CT molecular complexity index is 635. The van der Waals surface area contributed by atoms with Gasteiger partial charge in [-0.3, -0.25) is 4.98 Å². The maximum atomic E-state index is 5.99. The summed E-state index contributed by atoms with van der Waals surface area (Å²) in [7, 11) is 0. The van der Waals surface area contributed by atoms with E-state index in [0.29, 0.717) is 18.5 Å². The highest BCUT2D eigenvalue weighted by Crippen LogP contribution is 2.17. The smallest absolute Gasteiger partial charge is 0.189 e. The van der Waals surface area contributed by atoms with Gasteiger partial charge < -0.3 is 11.1 Å². The maximum absolute atomic E-state index is 5.99. The summed E-state index contributed by atoms with van der Waals surface area (Å²) in [6.07, 6.45) is 8.16. The fraction of sp³-hybridized carbons (Fsp3) is 0.412. The van der Waals surface area contributed by atoms with Gasteiger partial charge in [-0.25, -0.2) is 4.99 Å². The number of nitrogens with two attached hydrogens (primary N) is 1. The van der Waals surface area contributed by atoms with Gasteiger partial charge in [-0.05, 0) is 36.6 Å². The van der Waals surface area contributed by atoms with Crippen LogP contribution in [0.5, 0.6) is 0 Å². The second-order valence-electron chi connectivity index (χ2n) is 5.71. The van der Waals surface area contributed by atoms with Crippen LogP contribution < -0.4 is 11.1 Å². The molecule has 1 aromatic heterocycles. The lowest BCUT2D eigenvalue weighted by Gasteiger charge is -2.23. The Labute approximate surface area is 148 Å². The third kappa shape index (κ3) is 4.56. The first-order valence-electron chi connectivity index (χ1n) is 7.71. The van der Waals surface area contributed by atoms with E-state index in [9.17, 15) is 0 Å². The number of aromatic nitrogens is 1. The van der Waals surface area contributed by atoms with E-state index in [-0.39, 0.29) is 24.0 Å². The second kappa shape index (κ2) is 8.31. The molecule has 1 saturated carbocycles. The Hall–Kier alpha value is -1.37. The van der Waals surface area contributed by atoms with E-state index in [0.717, 1.165) is 16.5 Å². The Morgan fingerprint density at radius 3 is 2.86 bits per heavy atom.